The van der Waals surface area contributed by atoms with Gasteiger partial charge in [0, 0.05) is 16.7 Å². The summed E-state index contributed by atoms with van der Waals surface area (Å²) in [6, 6.07) is 16.1. The lowest BCUT2D eigenvalue weighted by molar-refractivity contribution is 0.410. The maximum Gasteiger partial charge on any atom is 0.0186 e. The first-order valence-electron chi connectivity index (χ1n) is 7.65. The molecule has 1 nitrogen and oxygen atoms in total. The first kappa shape index (κ1) is 14.0. The normalized spacial score (nSPS) is 17.6. The van der Waals surface area contributed by atoms with Gasteiger partial charge in [-0.05, 0) is 48.7 Å². The quantitative estimate of drug-likeness (QED) is 0.798. The van der Waals surface area contributed by atoms with Crippen molar-refractivity contribution in [3.63, 3.8) is 0 Å². The number of hydrogen-bond donors (Lipinski definition) is 1. The second kappa shape index (κ2) is 6.64. The zero-order chi connectivity index (χ0) is 13.8. The van der Waals surface area contributed by atoms with Crippen LogP contribution in [0.1, 0.15) is 25.7 Å². The van der Waals surface area contributed by atoms with Crippen molar-refractivity contribution in [2.75, 3.05) is 12.8 Å². The fourth-order valence-corrected chi connectivity index (χ4v) is 4.44. The fourth-order valence-electron chi connectivity index (χ4n) is 3.26. The molecular weight excluding hydrogens is 262 g/mol. The number of thioether (sulfide) groups is 1. The lowest BCUT2D eigenvalue weighted by atomic mass is 10.0. The van der Waals surface area contributed by atoms with Crippen molar-refractivity contribution >= 4 is 22.5 Å². The van der Waals surface area contributed by atoms with E-state index in [1.54, 1.807) is 0 Å². The summed E-state index contributed by atoms with van der Waals surface area (Å²) in [5, 5.41) is 6.21. The summed E-state index contributed by atoms with van der Waals surface area (Å²) in [6.07, 6.45) is 5.65. The summed E-state index contributed by atoms with van der Waals surface area (Å²) in [6.45, 7) is 0. The van der Waals surface area contributed by atoms with E-state index in [0.29, 0.717) is 6.04 Å². The zero-order valence-electron chi connectivity index (χ0n) is 12.1. The second-order valence-corrected chi connectivity index (χ2v) is 6.85. The number of nitrogens with one attached hydrogen (secondary N) is 1. The highest BCUT2D eigenvalue weighted by Gasteiger charge is 2.23. The minimum atomic E-state index is 0.661. The van der Waals surface area contributed by atoms with E-state index in [1.165, 1.54) is 47.1 Å². The highest BCUT2D eigenvalue weighted by Crippen LogP contribution is 2.31. The first-order valence-corrected chi connectivity index (χ1v) is 8.64. The lowest BCUT2D eigenvalue weighted by Crippen LogP contribution is -2.34. The molecular formula is C18H23NS. The van der Waals surface area contributed by atoms with E-state index in [2.05, 4.69) is 54.8 Å². The maximum absolute atomic E-state index is 3.53. The minimum Gasteiger partial charge on any atom is -0.316 e. The standard InChI is InChI=1S/C18H23NS/c1-19-18(15-7-3-4-8-15)13-20-17-11-10-14-6-2-5-9-16(14)12-17/h2,5-6,9-12,15,18-19H,3-4,7-8,13H2,1H3. The van der Waals surface area contributed by atoms with Crippen molar-refractivity contribution in [2.24, 2.45) is 5.92 Å². The number of fused-ring (bicyclic) bond motifs is 1. The summed E-state index contributed by atoms with van der Waals surface area (Å²) in [5.41, 5.74) is 0. The molecule has 0 radical (unpaired) electrons. The van der Waals surface area contributed by atoms with Crippen molar-refractivity contribution in [3.05, 3.63) is 42.5 Å². The van der Waals surface area contributed by atoms with Gasteiger partial charge in [-0.1, -0.05) is 43.2 Å². The topological polar surface area (TPSA) is 12.0 Å². The molecule has 1 aliphatic carbocycles. The van der Waals surface area contributed by atoms with Crippen LogP contribution in [0, 0.1) is 5.92 Å². The van der Waals surface area contributed by atoms with Gasteiger partial charge in [0.2, 0.25) is 0 Å². The largest absolute Gasteiger partial charge is 0.316 e. The fraction of sp³-hybridized carbons (Fsp3) is 0.444. The Balaban J connectivity index is 1.66. The summed E-state index contributed by atoms with van der Waals surface area (Å²) >= 11 is 1.99. The van der Waals surface area contributed by atoms with Crippen molar-refractivity contribution < 1.29 is 0 Å². The molecule has 0 aliphatic heterocycles. The molecule has 1 saturated carbocycles. The van der Waals surface area contributed by atoms with Crippen LogP contribution >= 0.6 is 11.8 Å². The minimum absolute atomic E-state index is 0.661. The third-order valence-corrected chi connectivity index (χ3v) is 5.60. The van der Waals surface area contributed by atoms with Crippen LogP contribution in [0.25, 0.3) is 10.8 Å². The Bertz CT molecular complexity index is 560. The monoisotopic (exact) mass is 285 g/mol. The van der Waals surface area contributed by atoms with Crippen LogP contribution in [-0.4, -0.2) is 18.8 Å². The van der Waals surface area contributed by atoms with Crippen LogP contribution in [0.15, 0.2) is 47.4 Å². The predicted molar refractivity (Wildman–Crippen MR) is 89.5 cm³/mol. The van der Waals surface area contributed by atoms with Gasteiger partial charge in [-0.15, -0.1) is 11.8 Å². The molecule has 1 atom stereocenters. The Morgan fingerprint density at radius 3 is 2.60 bits per heavy atom. The molecule has 20 heavy (non-hydrogen) atoms. The molecule has 3 rings (SSSR count). The van der Waals surface area contributed by atoms with E-state index in [9.17, 15) is 0 Å². The molecule has 1 fully saturated rings. The maximum atomic E-state index is 3.53. The Labute approximate surface area is 126 Å². The van der Waals surface area contributed by atoms with E-state index < -0.39 is 0 Å². The Morgan fingerprint density at radius 1 is 1.10 bits per heavy atom. The molecule has 0 heterocycles. The van der Waals surface area contributed by atoms with Crippen molar-refractivity contribution in [2.45, 2.75) is 36.6 Å². The molecule has 0 aromatic heterocycles. The van der Waals surface area contributed by atoms with Gasteiger partial charge in [0.05, 0.1) is 0 Å². The molecule has 0 saturated heterocycles. The van der Waals surface area contributed by atoms with Crippen LogP contribution in [0.5, 0.6) is 0 Å². The molecule has 2 aromatic carbocycles. The van der Waals surface area contributed by atoms with Gasteiger partial charge in [0.25, 0.3) is 0 Å². The predicted octanol–water partition coefficient (Wildman–Crippen LogP) is 4.71. The van der Waals surface area contributed by atoms with Gasteiger partial charge >= 0.3 is 0 Å². The van der Waals surface area contributed by atoms with E-state index in [-0.39, 0.29) is 0 Å². The molecule has 1 N–H and O–H groups in total. The van der Waals surface area contributed by atoms with Gasteiger partial charge < -0.3 is 5.32 Å². The summed E-state index contributed by atoms with van der Waals surface area (Å²) in [5.74, 6) is 2.06. The molecule has 0 bridgehead atoms. The van der Waals surface area contributed by atoms with Crippen molar-refractivity contribution in [3.8, 4) is 0 Å². The Morgan fingerprint density at radius 2 is 1.85 bits per heavy atom. The average Bonchev–Trinajstić information content (AvgIpc) is 3.02. The van der Waals surface area contributed by atoms with Crippen molar-refractivity contribution in [1.29, 1.82) is 0 Å². The van der Waals surface area contributed by atoms with E-state index >= 15 is 0 Å². The SMILES string of the molecule is CNC(CSc1ccc2ccccc2c1)C1CCCC1. The van der Waals surface area contributed by atoms with Crippen LogP contribution in [-0.2, 0) is 0 Å². The smallest absolute Gasteiger partial charge is 0.0186 e. The molecule has 2 aromatic rings. The Kier molecular flexibility index (Phi) is 4.64. The van der Waals surface area contributed by atoms with Gasteiger partial charge in [-0.3, -0.25) is 0 Å². The van der Waals surface area contributed by atoms with Gasteiger partial charge in [-0.2, -0.15) is 0 Å². The number of rotatable bonds is 5. The summed E-state index contributed by atoms with van der Waals surface area (Å²) < 4.78 is 0. The van der Waals surface area contributed by atoms with E-state index in [4.69, 9.17) is 0 Å². The molecule has 106 valence electrons. The summed E-state index contributed by atoms with van der Waals surface area (Å²) in [4.78, 5) is 1.39. The number of hydrogen-bond acceptors (Lipinski definition) is 2. The molecule has 1 unspecified atom stereocenters. The average molecular weight is 285 g/mol. The van der Waals surface area contributed by atoms with Crippen LogP contribution in [0.3, 0.4) is 0 Å². The molecule has 1 aliphatic rings. The van der Waals surface area contributed by atoms with Crippen molar-refractivity contribution in [1.82, 2.24) is 5.32 Å². The molecule has 0 spiro atoms. The Hall–Kier alpha value is -0.990. The van der Waals surface area contributed by atoms with Gasteiger partial charge in [-0.25, -0.2) is 0 Å². The van der Waals surface area contributed by atoms with Gasteiger partial charge in [0.15, 0.2) is 0 Å². The molecule has 0 amide bonds. The highest BCUT2D eigenvalue weighted by molar-refractivity contribution is 7.99. The van der Waals surface area contributed by atoms with Crippen LogP contribution in [0.2, 0.25) is 0 Å². The lowest BCUT2D eigenvalue weighted by Gasteiger charge is -2.22. The van der Waals surface area contributed by atoms with E-state index in [1.807, 2.05) is 11.8 Å². The molecule has 2 heteroatoms. The number of benzene rings is 2. The van der Waals surface area contributed by atoms with Gasteiger partial charge in [0.1, 0.15) is 0 Å². The first-order chi connectivity index (χ1) is 9.86. The van der Waals surface area contributed by atoms with E-state index in [0.717, 1.165) is 5.92 Å². The highest BCUT2D eigenvalue weighted by atomic mass is 32.2. The van der Waals surface area contributed by atoms with Crippen LogP contribution < -0.4 is 5.32 Å². The third-order valence-electron chi connectivity index (χ3n) is 4.49. The third kappa shape index (κ3) is 3.18. The van der Waals surface area contributed by atoms with Crippen LogP contribution in [0.4, 0.5) is 0 Å². The second-order valence-electron chi connectivity index (χ2n) is 5.76. The summed E-state index contributed by atoms with van der Waals surface area (Å²) in [7, 11) is 2.12. The zero-order valence-corrected chi connectivity index (χ0v) is 13.0.